The third-order valence-corrected chi connectivity index (χ3v) is 7.02. The number of halogens is 1. The van der Waals surface area contributed by atoms with Crippen LogP contribution in [0.15, 0.2) is 4.99 Å². The van der Waals surface area contributed by atoms with Crippen LogP contribution in [-0.4, -0.2) is 82.5 Å². The lowest BCUT2D eigenvalue weighted by Crippen LogP contribution is -2.46. The van der Waals surface area contributed by atoms with Crippen molar-refractivity contribution < 1.29 is 13.2 Å². The highest BCUT2D eigenvalue weighted by Gasteiger charge is 2.38. The Morgan fingerprint density at radius 1 is 1.25 bits per heavy atom. The molecule has 2 saturated heterocycles. The van der Waals surface area contributed by atoms with E-state index in [4.69, 9.17) is 4.74 Å². The second kappa shape index (κ2) is 11.3. The molecule has 0 bridgehead atoms. The molecule has 10 heteroatoms. The number of hydrogen-bond donors (Lipinski definition) is 3. The number of ether oxygens (including phenoxy) is 1. The number of sulfonamides is 1. The molecule has 8 nitrogen and oxygen atoms in total. The summed E-state index contributed by atoms with van der Waals surface area (Å²) >= 11 is 0. The summed E-state index contributed by atoms with van der Waals surface area (Å²) in [5.41, 5.74) is 0. The van der Waals surface area contributed by atoms with E-state index in [1.165, 1.54) is 12.8 Å². The number of rotatable bonds is 8. The van der Waals surface area contributed by atoms with Gasteiger partial charge in [0.1, 0.15) is 0 Å². The average Bonchev–Trinajstić information content (AvgIpc) is 3.43. The third kappa shape index (κ3) is 7.58. The molecule has 2 heterocycles. The summed E-state index contributed by atoms with van der Waals surface area (Å²) in [7, 11) is -1.59. The van der Waals surface area contributed by atoms with Crippen LogP contribution in [0.4, 0.5) is 0 Å². The van der Waals surface area contributed by atoms with E-state index in [-0.39, 0.29) is 35.8 Å². The Kier molecular flexibility index (Phi) is 9.71. The van der Waals surface area contributed by atoms with Crippen molar-refractivity contribution >= 4 is 40.0 Å². The predicted molar refractivity (Wildman–Crippen MR) is 123 cm³/mol. The van der Waals surface area contributed by atoms with E-state index < -0.39 is 10.0 Å². The first kappa shape index (κ1) is 24.1. The second-order valence-electron chi connectivity index (χ2n) is 8.01. The van der Waals surface area contributed by atoms with Crippen molar-refractivity contribution in [2.45, 2.75) is 69.7 Å². The van der Waals surface area contributed by atoms with Gasteiger partial charge in [-0.15, -0.1) is 24.0 Å². The molecule has 1 saturated carbocycles. The second-order valence-corrected chi connectivity index (χ2v) is 9.94. The normalized spacial score (nSPS) is 29.4. The molecular formula is C18H36IN5O3S. The summed E-state index contributed by atoms with van der Waals surface area (Å²) in [6.45, 7) is 4.74. The lowest BCUT2D eigenvalue weighted by Gasteiger charge is -2.22. The molecule has 0 aromatic carbocycles. The van der Waals surface area contributed by atoms with Gasteiger partial charge in [-0.25, -0.2) is 13.1 Å². The lowest BCUT2D eigenvalue weighted by atomic mass is 10.1. The summed E-state index contributed by atoms with van der Waals surface area (Å²) in [4.78, 5) is 6.82. The SMILES string of the molecule is CN=C(NCCS(=O)(=O)NCC1CCCCO1)NC1CC(C)N(C2CC2)C1.I. The van der Waals surface area contributed by atoms with Gasteiger partial charge < -0.3 is 15.4 Å². The van der Waals surface area contributed by atoms with Crippen molar-refractivity contribution in [2.24, 2.45) is 4.99 Å². The molecule has 0 spiro atoms. The van der Waals surface area contributed by atoms with Gasteiger partial charge in [0.25, 0.3) is 0 Å². The van der Waals surface area contributed by atoms with Gasteiger partial charge in [-0.2, -0.15) is 0 Å². The minimum Gasteiger partial charge on any atom is -0.377 e. The molecule has 164 valence electrons. The third-order valence-electron chi connectivity index (χ3n) is 5.67. The maximum Gasteiger partial charge on any atom is 0.213 e. The fourth-order valence-electron chi connectivity index (χ4n) is 4.03. The van der Waals surface area contributed by atoms with E-state index in [2.05, 4.69) is 32.2 Å². The first-order valence-corrected chi connectivity index (χ1v) is 11.9. The highest BCUT2D eigenvalue weighted by molar-refractivity contribution is 14.0. The molecule has 28 heavy (non-hydrogen) atoms. The molecule has 3 rings (SSSR count). The number of nitrogens with one attached hydrogen (secondary N) is 3. The Balaban J connectivity index is 0.00000280. The minimum atomic E-state index is -3.32. The first-order valence-electron chi connectivity index (χ1n) is 10.3. The van der Waals surface area contributed by atoms with Crippen LogP contribution in [0.1, 0.15) is 45.4 Å². The van der Waals surface area contributed by atoms with Crippen LogP contribution >= 0.6 is 24.0 Å². The van der Waals surface area contributed by atoms with Crippen LogP contribution in [0.3, 0.4) is 0 Å². The average molecular weight is 529 g/mol. The molecule has 1 aliphatic carbocycles. The topological polar surface area (TPSA) is 95.1 Å². The molecule has 0 aromatic heterocycles. The zero-order valence-corrected chi connectivity index (χ0v) is 20.2. The van der Waals surface area contributed by atoms with E-state index in [0.717, 1.165) is 44.9 Å². The summed E-state index contributed by atoms with van der Waals surface area (Å²) < 4.78 is 32.6. The van der Waals surface area contributed by atoms with Gasteiger partial charge in [-0.1, -0.05) is 0 Å². The largest absolute Gasteiger partial charge is 0.377 e. The van der Waals surface area contributed by atoms with E-state index in [9.17, 15) is 8.42 Å². The Bertz CT molecular complexity index is 608. The van der Waals surface area contributed by atoms with E-state index in [1.54, 1.807) is 7.05 Å². The van der Waals surface area contributed by atoms with Crippen molar-refractivity contribution in [1.82, 2.24) is 20.3 Å². The molecule has 2 aliphatic heterocycles. The van der Waals surface area contributed by atoms with E-state index in [0.29, 0.717) is 31.1 Å². The molecule has 3 atom stereocenters. The number of aliphatic imine (C=N–C) groups is 1. The summed E-state index contributed by atoms with van der Waals surface area (Å²) in [5.74, 6) is 0.700. The van der Waals surface area contributed by atoms with Crippen molar-refractivity contribution in [3.63, 3.8) is 0 Å². The molecular weight excluding hydrogens is 493 g/mol. The number of likely N-dealkylation sites (tertiary alicyclic amines) is 1. The van der Waals surface area contributed by atoms with Gasteiger partial charge in [-0.05, 0) is 45.4 Å². The number of nitrogens with zero attached hydrogens (tertiary/aromatic N) is 2. The van der Waals surface area contributed by atoms with Crippen LogP contribution in [0, 0.1) is 0 Å². The van der Waals surface area contributed by atoms with Crippen LogP contribution in [0.5, 0.6) is 0 Å². The number of hydrogen-bond acceptors (Lipinski definition) is 5. The summed E-state index contributed by atoms with van der Waals surface area (Å²) in [6.07, 6.45) is 6.84. The monoisotopic (exact) mass is 529 g/mol. The quantitative estimate of drug-likeness (QED) is 0.246. The lowest BCUT2D eigenvalue weighted by molar-refractivity contribution is 0.0200. The maximum atomic E-state index is 12.2. The van der Waals surface area contributed by atoms with Gasteiger partial charge in [0.2, 0.25) is 10.0 Å². The molecule has 3 N–H and O–H groups in total. The smallest absolute Gasteiger partial charge is 0.213 e. The van der Waals surface area contributed by atoms with E-state index >= 15 is 0 Å². The van der Waals surface area contributed by atoms with Crippen molar-refractivity contribution in [3.8, 4) is 0 Å². The van der Waals surface area contributed by atoms with Gasteiger partial charge >= 0.3 is 0 Å². The molecule has 0 aromatic rings. The fraction of sp³-hybridized carbons (Fsp3) is 0.944. The summed E-state index contributed by atoms with van der Waals surface area (Å²) in [6, 6.07) is 1.73. The van der Waals surface area contributed by atoms with Crippen molar-refractivity contribution in [1.29, 1.82) is 0 Å². The molecule has 0 radical (unpaired) electrons. The zero-order chi connectivity index (χ0) is 19.3. The highest BCUT2D eigenvalue weighted by Crippen LogP contribution is 2.33. The van der Waals surface area contributed by atoms with Crippen molar-refractivity contribution in [2.75, 3.05) is 39.0 Å². The van der Waals surface area contributed by atoms with Gasteiger partial charge in [-0.3, -0.25) is 9.89 Å². The highest BCUT2D eigenvalue weighted by atomic mass is 127. The van der Waals surface area contributed by atoms with Gasteiger partial charge in [0, 0.05) is 51.4 Å². The Morgan fingerprint density at radius 2 is 2.04 bits per heavy atom. The van der Waals surface area contributed by atoms with Gasteiger partial charge in [0.15, 0.2) is 5.96 Å². The standard InChI is InChI=1S/C18H35N5O3S.HI/c1-14-11-15(13-23(14)16-6-7-16)22-18(19-2)20-8-10-27(24,25)21-12-17-5-3-4-9-26-17;/h14-17,21H,3-13H2,1-2H3,(H2,19,20,22);1H. The first-order chi connectivity index (χ1) is 13.0. The Hall–Kier alpha value is -0.170. The summed E-state index contributed by atoms with van der Waals surface area (Å²) in [5, 5.41) is 6.58. The fourth-order valence-corrected chi connectivity index (χ4v) is 4.98. The molecule has 0 amide bonds. The molecule has 3 unspecified atom stereocenters. The van der Waals surface area contributed by atoms with Crippen LogP contribution in [-0.2, 0) is 14.8 Å². The molecule has 3 aliphatic rings. The molecule has 3 fully saturated rings. The zero-order valence-electron chi connectivity index (χ0n) is 17.0. The van der Waals surface area contributed by atoms with E-state index in [1.807, 2.05) is 0 Å². The Labute approximate surface area is 186 Å². The van der Waals surface area contributed by atoms with Gasteiger partial charge in [0.05, 0.1) is 11.9 Å². The number of guanidine groups is 1. The van der Waals surface area contributed by atoms with Crippen molar-refractivity contribution in [3.05, 3.63) is 0 Å². The van der Waals surface area contributed by atoms with Crippen LogP contribution in [0.2, 0.25) is 0 Å². The van der Waals surface area contributed by atoms with Crippen LogP contribution < -0.4 is 15.4 Å². The maximum absolute atomic E-state index is 12.2. The predicted octanol–water partition coefficient (Wildman–Crippen LogP) is 0.883. The van der Waals surface area contributed by atoms with Crippen LogP contribution in [0.25, 0.3) is 0 Å². The minimum absolute atomic E-state index is 0. The Morgan fingerprint density at radius 3 is 2.68 bits per heavy atom.